The summed E-state index contributed by atoms with van der Waals surface area (Å²) >= 11 is 1.74. The highest BCUT2D eigenvalue weighted by atomic mass is 127. The maximum atomic E-state index is 11.9. The van der Waals surface area contributed by atoms with Gasteiger partial charge in [-0.25, -0.2) is 4.90 Å². The number of carbonyl (C=O) groups excluding carboxylic acids is 4. The van der Waals surface area contributed by atoms with Gasteiger partial charge in [0.1, 0.15) is 0 Å². The van der Waals surface area contributed by atoms with Gasteiger partial charge >= 0.3 is 0 Å². The largest absolute Gasteiger partial charge is 0.381 e. The van der Waals surface area contributed by atoms with Crippen LogP contribution in [0.2, 0.25) is 0 Å². The first kappa shape index (κ1) is 21.2. The SMILES string of the molecule is O=C(I)CCOCCCNC(=O)CCc1ccc(N2C(=O)C=CC2=O)cc1. The average molecular weight is 484 g/mol. The highest BCUT2D eigenvalue weighted by Crippen LogP contribution is 2.19. The standard InChI is InChI=1S/C19H21IN2O5/c20-16(23)10-13-27-12-1-11-21-17(24)7-4-14-2-5-15(6-3-14)22-18(25)8-9-19(22)26/h2-3,5-6,8-9H,1,4,7,10-13H2,(H,21,24). The molecule has 0 atom stereocenters. The van der Waals surface area contributed by atoms with Crippen LogP contribution in [0.15, 0.2) is 36.4 Å². The van der Waals surface area contributed by atoms with Crippen molar-refractivity contribution in [2.45, 2.75) is 25.7 Å². The van der Waals surface area contributed by atoms with E-state index < -0.39 is 0 Å². The van der Waals surface area contributed by atoms with Gasteiger partial charge in [0, 0.05) is 38.1 Å². The lowest BCUT2D eigenvalue weighted by Gasteiger charge is -2.14. The van der Waals surface area contributed by atoms with Crippen LogP contribution in [-0.2, 0) is 30.3 Å². The van der Waals surface area contributed by atoms with E-state index in [4.69, 9.17) is 4.74 Å². The number of hydrogen-bond acceptors (Lipinski definition) is 5. The summed E-state index contributed by atoms with van der Waals surface area (Å²) in [6.45, 7) is 1.45. The molecule has 0 aromatic heterocycles. The molecule has 1 aromatic carbocycles. The second kappa shape index (κ2) is 10.9. The van der Waals surface area contributed by atoms with Gasteiger partial charge in [0.25, 0.3) is 11.8 Å². The van der Waals surface area contributed by atoms with E-state index >= 15 is 0 Å². The monoisotopic (exact) mass is 484 g/mol. The summed E-state index contributed by atoms with van der Waals surface area (Å²) in [6.07, 6.45) is 4.51. The Morgan fingerprint density at radius 1 is 1.00 bits per heavy atom. The van der Waals surface area contributed by atoms with Crippen molar-refractivity contribution in [2.24, 2.45) is 0 Å². The van der Waals surface area contributed by atoms with Crippen molar-refractivity contribution >= 4 is 49.8 Å². The minimum Gasteiger partial charge on any atom is -0.381 e. The zero-order chi connectivity index (χ0) is 19.6. The van der Waals surface area contributed by atoms with Crippen molar-refractivity contribution in [2.75, 3.05) is 24.7 Å². The van der Waals surface area contributed by atoms with E-state index in [0.29, 0.717) is 51.1 Å². The zero-order valence-corrected chi connectivity index (χ0v) is 16.9. The van der Waals surface area contributed by atoms with E-state index in [1.165, 1.54) is 12.2 Å². The Hall–Kier alpha value is -2.07. The van der Waals surface area contributed by atoms with Crippen molar-refractivity contribution in [3.8, 4) is 0 Å². The van der Waals surface area contributed by atoms with E-state index in [2.05, 4.69) is 5.32 Å². The summed E-state index contributed by atoms with van der Waals surface area (Å²) in [5.74, 6) is -0.746. The molecule has 0 saturated carbocycles. The predicted molar refractivity (Wildman–Crippen MR) is 108 cm³/mol. The first-order valence-corrected chi connectivity index (χ1v) is 9.73. The number of rotatable bonds is 11. The average Bonchev–Trinajstić information content (AvgIpc) is 2.98. The molecule has 0 radical (unpaired) electrons. The molecule has 0 unspecified atom stereocenters. The van der Waals surface area contributed by atoms with Gasteiger partial charge in [-0.3, -0.25) is 19.2 Å². The highest BCUT2D eigenvalue weighted by molar-refractivity contribution is 14.1. The van der Waals surface area contributed by atoms with Gasteiger partial charge in [0.15, 0.2) is 3.79 Å². The van der Waals surface area contributed by atoms with Gasteiger partial charge in [0.2, 0.25) is 5.91 Å². The van der Waals surface area contributed by atoms with Crippen LogP contribution in [0.25, 0.3) is 0 Å². The molecule has 144 valence electrons. The Balaban J connectivity index is 1.63. The lowest BCUT2D eigenvalue weighted by Crippen LogP contribution is -2.29. The van der Waals surface area contributed by atoms with E-state index in [-0.39, 0.29) is 21.5 Å². The predicted octanol–water partition coefficient (Wildman–Crippen LogP) is 1.92. The molecule has 7 nitrogen and oxygen atoms in total. The molecule has 0 bridgehead atoms. The van der Waals surface area contributed by atoms with E-state index in [0.717, 1.165) is 10.5 Å². The number of nitrogens with zero attached hydrogens (tertiary/aromatic N) is 1. The molecule has 1 aliphatic heterocycles. The molecule has 3 amide bonds. The normalized spacial score (nSPS) is 13.3. The summed E-state index contributed by atoms with van der Waals surface area (Å²) in [5, 5.41) is 2.83. The second-order valence-corrected chi connectivity index (χ2v) is 7.14. The third-order valence-corrected chi connectivity index (χ3v) is 4.41. The molecule has 8 heteroatoms. The van der Waals surface area contributed by atoms with Crippen LogP contribution in [0.5, 0.6) is 0 Å². The fourth-order valence-electron chi connectivity index (χ4n) is 2.47. The third-order valence-electron chi connectivity index (χ3n) is 3.88. The first-order chi connectivity index (χ1) is 13.0. The fraction of sp³-hybridized carbons (Fsp3) is 0.368. The Morgan fingerprint density at radius 3 is 2.30 bits per heavy atom. The molecule has 1 heterocycles. The summed E-state index contributed by atoms with van der Waals surface area (Å²) in [7, 11) is 0. The zero-order valence-electron chi connectivity index (χ0n) is 14.8. The minimum atomic E-state index is -0.350. The lowest BCUT2D eigenvalue weighted by molar-refractivity contribution is -0.121. The van der Waals surface area contributed by atoms with Gasteiger partial charge in [0.05, 0.1) is 12.3 Å². The number of benzene rings is 1. The Bertz CT molecular complexity index is 712. The second-order valence-electron chi connectivity index (χ2n) is 5.93. The Labute approximate surface area is 171 Å². The third kappa shape index (κ3) is 7.22. The number of halogens is 1. The molecule has 1 aromatic rings. The van der Waals surface area contributed by atoms with Gasteiger partial charge in [-0.05, 0) is 53.1 Å². The number of carbonyl (C=O) groups is 4. The first-order valence-electron chi connectivity index (χ1n) is 8.65. The Kier molecular flexibility index (Phi) is 8.59. The van der Waals surface area contributed by atoms with E-state index in [9.17, 15) is 19.2 Å². The number of imide groups is 1. The van der Waals surface area contributed by atoms with Crippen LogP contribution in [0.3, 0.4) is 0 Å². The number of ether oxygens (including phenoxy) is 1. The number of nitrogens with one attached hydrogen (secondary N) is 1. The highest BCUT2D eigenvalue weighted by Gasteiger charge is 2.24. The van der Waals surface area contributed by atoms with Crippen LogP contribution >= 0.6 is 22.6 Å². The maximum absolute atomic E-state index is 11.9. The van der Waals surface area contributed by atoms with Crippen LogP contribution in [0.1, 0.15) is 24.8 Å². The topological polar surface area (TPSA) is 92.8 Å². The lowest BCUT2D eigenvalue weighted by atomic mass is 10.1. The molecule has 1 aliphatic rings. The van der Waals surface area contributed by atoms with Crippen molar-refractivity contribution in [3.63, 3.8) is 0 Å². The molecule has 1 N–H and O–H groups in total. The van der Waals surface area contributed by atoms with E-state index in [1.807, 2.05) is 12.1 Å². The van der Waals surface area contributed by atoms with Crippen LogP contribution in [0, 0.1) is 0 Å². The smallest absolute Gasteiger partial charge is 0.258 e. The number of anilines is 1. The Morgan fingerprint density at radius 2 is 1.67 bits per heavy atom. The minimum absolute atomic E-state index is 0.0457. The molecule has 2 rings (SSSR count). The molecule has 0 aliphatic carbocycles. The van der Waals surface area contributed by atoms with Crippen molar-refractivity contribution in [1.82, 2.24) is 5.32 Å². The summed E-state index contributed by atoms with van der Waals surface area (Å²) in [6, 6.07) is 7.02. The summed E-state index contributed by atoms with van der Waals surface area (Å²) in [5.41, 5.74) is 1.47. The fourth-order valence-corrected chi connectivity index (χ4v) is 2.69. The molecule has 0 fully saturated rings. The molecular weight excluding hydrogens is 463 g/mol. The van der Waals surface area contributed by atoms with Gasteiger partial charge in [-0.1, -0.05) is 12.1 Å². The van der Waals surface area contributed by atoms with Gasteiger partial charge in [-0.2, -0.15) is 0 Å². The number of hydrogen-bond donors (Lipinski definition) is 1. The maximum Gasteiger partial charge on any atom is 0.258 e. The van der Waals surface area contributed by atoms with Crippen LogP contribution in [-0.4, -0.2) is 41.3 Å². The van der Waals surface area contributed by atoms with Crippen LogP contribution < -0.4 is 10.2 Å². The molecular formula is C19H21IN2O5. The molecule has 27 heavy (non-hydrogen) atoms. The summed E-state index contributed by atoms with van der Waals surface area (Å²) < 4.78 is 5.36. The molecule has 0 spiro atoms. The summed E-state index contributed by atoms with van der Waals surface area (Å²) in [4.78, 5) is 47.0. The number of amides is 3. The van der Waals surface area contributed by atoms with Crippen molar-refractivity contribution in [3.05, 3.63) is 42.0 Å². The number of aryl methyl sites for hydroxylation is 1. The van der Waals surface area contributed by atoms with Crippen molar-refractivity contribution in [1.29, 1.82) is 0 Å². The van der Waals surface area contributed by atoms with Gasteiger partial charge < -0.3 is 10.1 Å². The van der Waals surface area contributed by atoms with Crippen LogP contribution in [0.4, 0.5) is 5.69 Å². The molecule has 0 saturated heterocycles. The quantitative estimate of drug-likeness (QED) is 0.224. The van der Waals surface area contributed by atoms with E-state index in [1.54, 1.807) is 34.7 Å². The van der Waals surface area contributed by atoms with Crippen molar-refractivity contribution < 1.29 is 23.9 Å². The van der Waals surface area contributed by atoms with Gasteiger partial charge in [-0.15, -0.1) is 0 Å².